The van der Waals surface area contributed by atoms with Crippen LogP contribution < -0.4 is 10.1 Å². The predicted octanol–water partition coefficient (Wildman–Crippen LogP) is 2.26. The number of aliphatic hydroxyl groups is 1. The van der Waals surface area contributed by atoms with Crippen molar-refractivity contribution in [2.45, 2.75) is 49.9 Å². The fourth-order valence-corrected chi connectivity index (χ4v) is 5.51. The largest absolute Gasteiger partial charge is 0.469 e. The number of hydrogen-bond acceptors (Lipinski definition) is 6. The van der Waals surface area contributed by atoms with Crippen LogP contribution in [-0.4, -0.2) is 46.0 Å². The van der Waals surface area contributed by atoms with Gasteiger partial charge in [0.15, 0.2) is 0 Å². The monoisotopic (exact) mass is 351 g/mol. The molecule has 0 radical (unpaired) electrons. The van der Waals surface area contributed by atoms with Gasteiger partial charge in [-0.2, -0.15) is 4.98 Å². The smallest absolute Gasteiger partial charge is 0.227 e. The van der Waals surface area contributed by atoms with Crippen molar-refractivity contribution in [1.82, 2.24) is 9.97 Å². The van der Waals surface area contributed by atoms with Crippen molar-refractivity contribution >= 4 is 17.5 Å². The van der Waals surface area contributed by atoms with E-state index < -0.39 is 5.60 Å². The van der Waals surface area contributed by atoms with Crippen molar-refractivity contribution in [1.29, 1.82) is 0 Å². The summed E-state index contributed by atoms with van der Waals surface area (Å²) in [5.41, 5.74) is -0.428. The molecule has 5 aliphatic rings. The zero-order chi connectivity index (χ0) is 16.3. The van der Waals surface area contributed by atoms with Gasteiger partial charge in [-0.3, -0.25) is 0 Å². The van der Waals surface area contributed by atoms with Gasteiger partial charge in [-0.1, -0.05) is 11.6 Å². The molecule has 4 bridgehead atoms. The molecule has 1 saturated heterocycles. The lowest BCUT2D eigenvalue weighted by molar-refractivity contribution is -0.129. The highest BCUT2D eigenvalue weighted by Gasteiger charge is 2.54. The second kappa shape index (κ2) is 5.44. The van der Waals surface area contributed by atoms with Crippen LogP contribution in [0.1, 0.15) is 32.1 Å². The highest BCUT2D eigenvalue weighted by atomic mass is 35.5. The van der Waals surface area contributed by atoms with Gasteiger partial charge in [0, 0.05) is 12.1 Å². The maximum atomic E-state index is 10.7. The first kappa shape index (κ1) is 15.2. The molecule has 2 N–H and O–H groups in total. The van der Waals surface area contributed by atoms with Crippen molar-refractivity contribution in [3.05, 3.63) is 11.2 Å². The summed E-state index contributed by atoms with van der Waals surface area (Å²) in [5, 5.41) is 14.6. The Kier molecular flexibility index (Phi) is 3.44. The van der Waals surface area contributed by atoms with Gasteiger partial charge >= 0.3 is 0 Å². The van der Waals surface area contributed by atoms with E-state index in [4.69, 9.17) is 21.1 Å². The van der Waals surface area contributed by atoms with Crippen LogP contribution in [0.15, 0.2) is 6.07 Å². The van der Waals surface area contributed by atoms with Gasteiger partial charge < -0.3 is 19.9 Å². The lowest BCUT2D eigenvalue weighted by Crippen LogP contribution is -2.59. The van der Waals surface area contributed by atoms with Crippen molar-refractivity contribution in [2.24, 2.45) is 17.8 Å². The van der Waals surface area contributed by atoms with Crippen LogP contribution in [0.3, 0.4) is 0 Å². The maximum Gasteiger partial charge on any atom is 0.227 e. The summed E-state index contributed by atoms with van der Waals surface area (Å²) in [7, 11) is 0. The van der Waals surface area contributed by atoms with E-state index in [1.54, 1.807) is 6.07 Å². The molecule has 2 atom stereocenters. The molecule has 130 valence electrons. The molecule has 24 heavy (non-hydrogen) atoms. The van der Waals surface area contributed by atoms with Gasteiger partial charge in [0.25, 0.3) is 0 Å². The molecule has 4 aliphatic carbocycles. The molecule has 2 unspecified atom stereocenters. The van der Waals surface area contributed by atoms with Crippen molar-refractivity contribution in [3.8, 4) is 5.88 Å². The molecule has 0 amide bonds. The van der Waals surface area contributed by atoms with Crippen LogP contribution in [0, 0.1) is 17.8 Å². The fourth-order valence-electron chi connectivity index (χ4n) is 5.34. The molecule has 2 heterocycles. The van der Waals surface area contributed by atoms with Crippen LogP contribution >= 0.6 is 11.6 Å². The minimum absolute atomic E-state index is 0.0548. The number of aromatic nitrogens is 2. The van der Waals surface area contributed by atoms with Crippen LogP contribution in [0.2, 0.25) is 5.15 Å². The molecule has 1 aliphatic heterocycles. The number of nitrogens with zero attached hydrogens (tertiary/aromatic N) is 2. The Morgan fingerprint density at radius 3 is 2.58 bits per heavy atom. The number of ether oxygens (including phenoxy) is 2. The Morgan fingerprint density at radius 1 is 1.21 bits per heavy atom. The topological polar surface area (TPSA) is 76.5 Å². The average Bonchev–Trinajstić information content (AvgIpc) is 2.45. The summed E-state index contributed by atoms with van der Waals surface area (Å²) < 4.78 is 10.9. The van der Waals surface area contributed by atoms with Gasteiger partial charge in [-0.25, -0.2) is 4.98 Å². The summed E-state index contributed by atoms with van der Waals surface area (Å²) in [6, 6.07) is 1.96. The zero-order valence-corrected chi connectivity index (χ0v) is 14.2. The van der Waals surface area contributed by atoms with E-state index in [2.05, 4.69) is 15.3 Å². The third kappa shape index (κ3) is 2.65. The number of rotatable bonds is 4. The molecule has 6 rings (SSSR count). The molecular weight excluding hydrogens is 330 g/mol. The summed E-state index contributed by atoms with van der Waals surface area (Å²) in [5.74, 6) is 2.69. The van der Waals surface area contributed by atoms with Crippen molar-refractivity contribution < 1.29 is 14.6 Å². The summed E-state index contributed by atoms with van der Waals surface area (Å²) in [6.07, 6.45) is 5.21. The number of nitrogens with one attached hydrogen (secondary N) is 1. The third-order valence-corrected chi connectivity index (χ3v) is 6.30. The second-order valence-electron chi connectivity index (χ2n) is 7.99. The molecule has 4 saturated carbocycles. The van der Waals surface area contributed by atoms with Crippen molar-refractivity contribution in [2.75, 3.05) is 18.5 Å². The van der Waals surface area contributed by atoms with Gasteiger partial charge in [-0.05, 0) is 49.9 Å². The normalized spacial score (nSPS) is 40.4. The van der Waals surface area contributed by atoms with Crippen LogP contribution in [0.25, 0.3) is 0 Å². The SMILES string of the molecule is OC12CC3CC(C1)C(Nc1nc(Cl)cc(OC4COC4)n1)C(C3)C2. The molecule has 6 nitrogen and oxygen atoms in total. The quantitative estimate of drug-likeness (QED) is 0.810. The molecule has 1 aromatic heterocycles. The average molecular weight is 352 g/mol. The van der Waals surface area contributed by atoms with Crippen LogP contribution in [0.5, 0.6) is 5.88 Å². The highest BCUT2D eigenvalue weighted by Crippen LogP contribution is 2.56. The van der Waals surface area contributed by atoms with Gasteiger partial charge in [0.2, 0.25) is 11.8 Å². The number of halogens is 1. The van der Waals surface area contributed by atoms with Crippen LogP contribution in [-0.2, 0) is 4.74 Å². The highest BCUT2D eigenvalue weighted by molar-refractivity contribution is 6.29. The number of anilines is 1. The first-order valence-corrected chi connectivity index (χ1v) is 9.22. The van der Waals surface area contributed by atoms with E-state index in [9.17, 15) is 5.11 Å². The Labute approximate surface area is 145 Å². The van der Waals surface area contributed by atoms with E-state index in [0.717, 1.165) is 19.3 Å². The maximum absolute atomic E-state index is 10.7. The second-order valence-corrected chi connectivity index (χ2v) is 8.38. The Bertz CT molecular complexity index is 638. The van der Waals surface area contributed by atoms with Gasteiger partial charge in [0.1, 0.15) is 11.3 Å². The summed E-state index contributed by atoms with van der Waals surface area (Å²) in [4.78, 5) is 8.80. The Balaban J connectivity index is 1.34. The predicted molar refractivity (Wildman–Crippen MR) is 88.2 cm³/mol. The van der Waals surface area contributed by atoms with E-state index in [-0.39, 0.29) is 6.10 Å². The number of hydrogen-bond donors (Lipinski definition) is 2. The Hall–Kier alpha value is -1.11. The molecule has 0 spiro atoms. The molecule has 7 heteroatoms. The van der Waals surface area contributed by atoms with E-state index in [1.165, 1.54) is 12.8 Å². The first-order chi connectivity index (χ1) is 11.6. The first-order valence-electron chi connectivity index (χ1n) is 8.84. The Morgan fingerprint density at radius 2 is 1.96 bits per heavy atom. The van der Waals surface area contributed by atoms with Gasteiger partial charge in [-0.15, -0.1) is 0 Å². The molecular formula is C17H22ClN3O3. The molecule has 1 aromatic rings. The minimum atomic E-state index is -0.428. The lowest BCUT2D eigenvalue weighted by atomic mass is 9.52. The minimum Gasteiger partial charge on any atom is -0.469 e. The van der Waals surface area contributed by atoms with Crippen molar-refractivity contribution in [3.63, 3.8) is 0 Å². The lowest BCUT2D eigenvalue weighted by Gasteiger charge is -2.58. The van der Waals surface area contributed by atoms with Crippen LogP contribution in [0.4, 0.5) is 5.95 Å². The third-order valence-electron chi connectivity index (χ3n) is 6.10. The molecule has 0 aromatic carbocycles. The van der Waals surface area contributed by atoms with E-state index >= 15 is 0 Å². The standard InChI is InChI=1S/C17H22ClN3O3/c18-13-3-14(24-12-7-23-8-12)20-16(19-13)21-15-10-1-9-2-11(15)6-17(22,4-9)5-10/h3,9-12,15,22H,1-2,4-8H2,(H,19,20,21). The molecule has 5 fully saturated rings. The van der Waals surface area contributed by atoms with Gasteiger partial charge in [0.05, 0.1) is 18.8 Å². The summed E-state index contributed by atoms with van der Waals surface area (Å²) >= 11 is 6.14. The summed E-state index contributed by atoms with van der Waals surface area (Å²) in [6.45, 7) is 1.19. The fraction of sp³-hybridized carbons (Fsp3) is 0.765. The van der Waals surface area contributed by atoms with E-state index in [0.29, 0.717) is 54.0 Å². The van der Waals surface area contributed by atoms with E-state index in [1.807, 2.05) is 0 Å². The zero-order valence-electron chi connectivity index (χ0n) is 13.4.